The summed E-state index contributed by atoms with van der Waals surface area (Å²) >= 11 is 0. The molecule has 1 atom stereocenters. The number of aliphatic hydroxyl groups is 1. The maximum Gasteiger partial charge on any atom is 0.270 e. The Labute approximate surface area is 122 Å². The Morgan fingerprint density at radius 2 is 2.14 bits per heavy atom. The average Bonchev–Trinajstić information content (AvgIpc) is 2.46. The number of rotatable bonds is 3. The molecule has 1 heterocycles. The van der Waals surface area contributed by atoms with Gasteiger partial charge in [-0.3, -0.25) is 4.79 Å². The highest BCUT2D eigenvalue weighted by Crippen LogP contribution is 2.23. The summed E-state index contributed by atoms with van der Waals surface area (Å²) in [6.07, 6.45) is 0. The lowest BCUT2D eigenvalue weighted by molar-refractivity contribution is -0.131. The molecular formula is C15H18F2N2O2. The zero-order valence-electron chi connectivity index (χ0n) is 12.0. The van der Waals surface area contributed by atoms with Crippen LogP contribution in [-0.4, -0.2) is 41.7 Å². The normalized spacial score (nSPS) is 21.3. The van der Waals surface area contributed by atoms with Gasteiger partial charge in [-0.15, -0.1) is 0 Å². The summed E-state index contributed by atoms with van der Waals surface area (Å²) in [6, 6.07) is 3.51. The molecular weight excluding hydrogens is 278 g/mol. The number of hydrogen-bond donors (Lipinski definition) is 2. The Balaban J connectivity index is 2.37. The topological polar surface area (TPSA) is 52.6 Å². The number of allylic oxidation sites excluding steroid dienone is 1. The Kier molecular flexibility index (Phi) is 4.57. The second-order valence-corrected chi connectivity index (χ2v) is 5.08. The van der Waals surface area contributed by atoms with E-state index < -0.39 is 11.6 Å². The molecule has 1 unspecified atom stereocenters. The first-order valence-corrected chi connectivity index (χ1v) is 6.77. The molecule has 0 aromatic heterocycles. The minimum Gasteiger partial charge on any atom is -0.395 e. The molecule has 0 aliphatic carbocycles. The number of nitrogens with zero attached hydrogens (tertiary/aromatic N) is 1. The van der Waals surface area contributed by atoms with E-state index in [0.29, 0.717) is 23.4 Å². The van der Waals surface area contributed by atoms with Crippen LogP contribution in [0, 0.1) is 11.6 Å². The number of amides is 1. The summed E-state index contributed by atoms with van der Waals surface area (Å²) in [5, 5.41) is 12.1. The highest BCUT2D eigenvalue weighted by molar-refractivity contribution is 6.01. The third-order valence-corrected chi connectivity index (χ3v) is 3.65. The summed E-state index contributed by atoms with van der Waals surface area (Å²) in [5.74, 6) is -2.11. The molecule has 1 aliphatic heterocycles. The number of carbonyl (C=O) groups is 1. The van der Waals surface area contributed by atoms with Gasteiger partial charge in [-0.1, -0.05) is 6.07 Å². The summed E-state index contributed by atoms with van der Waals surface area (Å²) in [6.45, 7) is 4.23. The van der Waals surface area contributed by atoms with Crippen molar-refractivity contribution in [3.05, 3.63) is 41.1 Å². The fourth-order valence-corrected chi connectivity index (χ4v) is 2.38. The third kappa shape index (κ3) is 3.05. The molecule has 0 spiro atoms. The van der Waals surface area contributed by atoms with Gasteiger partial charge in [0.1, 0.15) is 5.70 Å². The van der Waals surface area contributed by atoms with E-state index in [1.807, 2.05) is 6.92 Å². The quantitative estimate of drug-likeness (QED) is 0.831. The monoisotopic (exact) mass is 296 g/mol. The second kappa shape index (κ2) is 6.22. The molecule has 1 aromatic rings. The van der Waals surface area contributed by atoms with Crippen LogP contribution < -0.4 is 5.32 Å². The van der Waals surface area contributed by atoms with Gasteiger partial charge < -0.3 is 15.3 Å². The number of nitrogens with one attached hydrogen (secondary N) is 1. The predicted octanol–water partition coefficient (Wildman–Crippen LogP) is 1.51. The van der Waals surface area contributed by atoms with E-state index in [-0.39, 0.29) is 25.1 Å². The van der Waals surface area contributed by atoms with Gasteiger partial charge in [0.25, 0.3) is 5.91 Å². The van der Waals surface area contributed by atoms with Crippen molar-refractivity contribution < 1.29 is 18.7 Å². The zero-order valence-corrected chi connectivity index (χ0v) is 12.0. The summed E-state index contributed by atoms with van der Waals surface area (Å²) < 4.78 is 26.3. The van der Waals surface area contributed by atoms with Crippen molar-refractivity contribution in [2.45, 2.75) is 19.9 Å². The predicted molar refractivity (Wildman–Crippen MR) is 75.2 cm³/mol. The maximum atomic E-state index is 13.3. The lowest BCUT2D eigenvalue weighted by atomic mass is 10.0. The molecule has 6 heteroatoms. The van der Waals surface area contributed by atoms with E-state index >= 15 is 0 Å². The van der Waals surface area contributed by atoms with E-state index in [4.69, 9.17) is 5.11 Å². The highest BCUT2D eigenvalue weighted by atomic mass is 19.2. The zero-order chi connectivity index (χ0) is 15.6. The molecule has 2 rings (SSSR count). The van der Waals surface area contributed by atoms with Crippen LogP contribution in [0.15, 0.2) is 23.9 Å². The minimum absolute atomic E-state index is 0.0360. The Bertz CT molecular complexity index is 587. The van der Waals surface area contributed by atoms with Crippen LogP contribution in [0.25, 0.3) is 5.57 Å². The average molecular weight is 296 g/mol. The largest absolute Gasteiger partial charge is 0.395 e. The number of β-amino-alcohol motifs (C(OH)–C–C–N with tert-alkyl or cyclic N) is 1. The fraction of sp³-hybridized carbons (Fsp3) is 0.400. The number of hydrogen-bond acceptors (Lipinski definition) is 3. The van der Waals surface area contributed by atoms with Crippen LogP contribution in [-0.2, 0) is 4.79 Å². The first-order chi connectivity index (χ1) is 9.95. The second-order valence-electron chi connectivity index (χ2n) is 5.08. The van der Waals surface area contributed by atoms with E-state index in [1.54, 1.807) is 11.8 Å². The SMILES string of the molecule is C/C(=C1\NCC(C)N(CCO)C1=O)c1ccc(F)c(F)c1. The molecule has 1 aromatic carbocycles. The molecule has 0 saturated carbocycles. The molecule has 1 aliphatic rings. The standard InChI is InChI=1S/C15H18F2N2O2/c1-9-8-18-14(15(21)19(9)5-6-20)10(2)11-3-4-12(16)13(17)7-11/h3-4,7,9,18,20H,5-6,8H2,1-2H3/b14-10+. The number of carbonyl (C=O) groups excluding carboxylic acids is 1. The van der Waals surface area contributed by atoms with Crippen LogP contribution in [0.3, 0.4) is 0 Å². The van der Waals surface area contributed by atoms with Crippen LogP contribution >= 0.6 is 0 Å². The first kappa shape index (κ1) is 15.4. The van der Waals surface area contributed by atoms with Gasteiger partial charge in [-0.05, 0) is 37.1 Å². The van der Waals surface area contributed by atoms with Crippen molar-refractivity contribution >= 4 is 11.5 Å². The van der Waals surface area contributed by atoms with Gasteiger partial charge in [-0.25, -0.2) is 8.78 Å². The van der Waals surface area contributed by atoms with E-state index in [9.17, 15) is 13.6 Å². The third-order valence-electron chi connectivity index (χ3n) is 3.65. The number of aliphatic hydroxyl groups excluding tert-OH is 1. The van der Waals surface area contributed by atoms with Crippen molar-refractivity contribution in [2.24, 2.45) is 0 Å². The lowest BCUT2D eigenvalue weighted by Crippen LogP contribution is -2.53. The van der Waals surface area contributed by atoms with Crippen LogP contribution in [0.4, 0.5) is 8.78 Å². The fourth-order valence-electron chi connectivity index (χ4n) is 2.38. The number of halogens is 2. The molecule has 114 valence electrons. The van der Waals surface area contributed by atoms with Crippen molar-refractivity contribution in [3.8, 4) is 0 Å². The molecule has 1 amide bonds. The van der Waals surface area contributed by atoms with Crippen molar-refractivity contribution in [2.75, 3.05) is 19.7 Å². The molecule has 0 radical (unpaired) electrons. The summed E-state index contributed by atoms with van der Waals surface area (Å²) in [7, 11) is 0. The lowest BCUT2D eigenvalue weighted by Gasteiger charge is -2.35. The van der Waals surface area contributed by atoms with Crippen LogP contribution in [0.1, 0.15) is 19.4 Å². The molecule has 1 fully saturated rings. The van der Waals surface area contributed by atoms with Crippen LogP contribution in [0.5, 0.6) is 0 Å². The molecule has 21 heavy (non-hydrogen) atoms. The van der Waals surface area contributed by atoms with Crippen molar-refractivity contribution in [1.29, 1.82) is 0 Å². The van der Waals surface area contributed by atoms with Crippen molar-refractivity contribution in [3.63, 3.8) is 0 Å². The molecule has 2 N–H and O–H groups in total. The Hall–Kier alpha value is -1.95. The van der Waals surface area contributed by atoms with Gasteiger partial charge in [-0.2, -0.15) is 0 Å². The number of piperazine rings is 1. The van der Waals surface area contributed by atoms with Gasteiger partial charge in [0.05, 0.1) is 6.61 Å². The smallest absolute Gasteiger partial charge is 0.270 e. The van der Waals surface area contributed by atoms with E-state index in [0.717, 1.165) is 12.1 Å². The molecule has 1 saturated heterocycles. The first-order valence-electron chi connectivity index (χ1n) is 6.77. The highest BCUT2D eigenvalue weighted by Gasteiger charge is 2.29. The Morgan fingerprint density at radius 3 is 2.76 bits per heavy atom. The summed E-state index contributed by atoms with van der Waals surface area (Å²) in [5.41, 5.74) is 1.35. The number of benzene rings is 1. The molecule has 0 bridgehead atoms. The van der Waals surface area contributed by atoms with Crippen molar-refractivity contribution in [1.82, 2.24) is 10.2 Å². The molecule has 4 nitrogen and oxygen atoms in total. The van der Waals surface area contributed by atoms with E-state index in [1.165, 1.54) is 6.07 Å². The van der Waals surface area contributed by atoms with Gasteiger partial charge in [0, 0.05) is 19.1 Å². The van der Waals surface area contributed by atoms with Gasteiger partial charge in [0.15, 0.2) is 11.6 Å². The van der Waals surface area contributed by atoms with Crippen LogP contribution in [0.2, 0.25) is 0 Å². The Morgan fingerprint density at radius 1 is 1.43 bits per heavy atom. The minimum atomic E-state index is -0.948. The van der Waals surface area contributed by atoms with Gasteiger partial charge in [0.2, 0.25) is 0 Å². The summed E-state index contributed by atoms with van der Waals surface area (Å²) in [4.78, 5) is 14.0. The maximum absolute atomic E-state index is 13.3. The van der Waals surface area contributed by atoms with Gasteiger partial charge >= 0.3 is 0 Å². The van der Waals surface area contributed by atoms with E-state index in [2.05, 4.69) is 5.32 Å².